The SMILES string of the molecule is CCOCCOC(=O)NCCCCCCN1CCCCCCCC1. The molecule has 1 N–H and O–H groups in total. The Bertz CT molecular complexity index is 290. The molecule has 1 fully saturated rings. The molecular formula is C19H38N2O3. The first-order valence-electron chi connectivity index (χ1n) is 10.0. The van der Waals surface area contributed by atoms with E-state index in [1.165, 1.54) is 77.4 Å². The van der Waals surface area contributed by atoms with E-state index < -0.39 is 0 Å². The largest absolute Gasteiger partial charge is 0.447 e. The number of nitrogens with one attached hydrogen (secondary N) is 1. The molecule has 1 rings (SSSR count). The second-order valence-corrected chi connectivity index (χ2v) is 6.64. The molecule has 0 aliphatic carbocycles. The summed E-state index contributed by atoms with van der Waals surface area (Å²) in [5.41, 5.74) is 0. The van der Waals surface area contributed by atoms with E-state index in [4.69, 9.17) is 9.47 Å². The predicted molar refractivity (Wildman–Crippen MR) is 98.5 cm³/mol. The fourth-order valence-electron chi connectivity index (χ4n) is 3.11. The van der Waals surface area contributed by atoms with E-state index >= 15 is 0 Å². The Morgan fingerprint density at radius 3 is 2.29 bits per heavy atom. The van der Waals surface area contributed by atoms with Crippen LogP contribution >= 0.6 is 0 Å². The Morgan fingerprint density at radius 1 is 0.917 bits per heavy atom. The van der Waals surface area contributed by atoms with Crippen molar-refractivity contribution in [2.75, 3.05) is 46.0 Å². The van der Waals surface area contributed by atoms with Crippen molar-refractivity contribution >= 4 is 6.09 Å². The van der Waals surface area contributed by atoms with Crippen LogP contribution in [-0.2, 0) is 9.47 Å². The van der Waals surface area contributed by atoms with Crippen molar-refractivity contribution in [3.63, 3.8) is 0 Å². The average molecular weight is 343 g/mol. The molecule has 5 nitrogen and oxygen atoms in total. The monoisotopic (exact) mass is 342 g/mol. The zero-order valence-electron chi connectivity index (χ0n) is 15.7. The van der Waals surface area contributed by atoms with Crippen LogP contribution in [0.2, 0.25) is 0 Å². The van der Waals surface area contributed by atoms with E-state index in [0.29, 0.717) is 26.4 Å². The molecule has 0 spiro atoms. The van der Waals surface area contributed by atoms with E-state index in [1.807, 2.05) is 6.92 Å². The smallest absolute Gasteiger partial charge is 0.407 e. The molecule has 0 aromatic carbocycles. The van der Waals surface area contributed by atoms with Crippen LogP contribution in [0.15, 0.2) is 0 Å². The zero-order valence-corrected chi connectivity index (χ0v) is 15.7. The van der Waals surface area contributed by atoms with Crippen molar-refractivity contribution in [2.24, 2.45) is 0 Å². The Balaban J connectivity index is 1.89. The summed E-state index contributed by atoms with van der Waals surface area (Å²) in [6.45, 7) is 7.91. The summed E-state index contributed by atoms with van der Waals surface area (Å²) in [7, 11) is 0. The van der Waals surface area contributed by atoms with Gasteiger partial charge in [-0.05, 0) is 52.2 Å². The van der Waals surface area contributed by atoms with Crippen LogP contribution in [0.25, 0.3) is 0 Å². The van der Waals surface area contributed by atoms with Crippen LogP contribution in [0.4, 0.5) is 4.79 Å². The highest BCUT2D eigenvalue weighted by molar-refractivity contribution is 5.66. The first-order valence-corrected chi connectivity index (χ1v) is 10.0. The minimum atomic E-state index is -0.327. The van der Waals surface area contributed by atoms with Gasteiger partial charge in [0, 0.05) is 13.2 Å². The first kappa shape index (κ1) is 21.2. The Labute approximate surface area is 148 Å². The second-order valence-electron chi connectivity index (χ2n) is 6.64. The molecule has 1 heterocycles. The van der Waals surface area contributed by atoms with Gasteiger partial charge < -0.3 is 19.7 Å². The Kier molecular flexibility index (Phi) is 13.9. The molecule has 142 valence electrons. The number of ether oxygens (including phenoxy) is 2. The van der Waals surface area contributed by atoms with Crippen molar-refractivity contribution in [1.29, 1.82) is 0 Å². The number of nitrogens with zero attached hydrogens (tertiary/aromatic N) is 1. The molecule has 0 aromatic rings. The van der Waals surface area contributed by atoms with Gasteiger partial charge in [-0.1, -0.05) is 38.5 Å². The maximum Gasteiger partial charge on any atom is 0.407 e. The van der Waals surface area contributed by atoms with Gasteiger partial charge in [-0.3, -0.25) is 0 Å². The quantitative estimate of drug-likeness (QED) is 0.577. The van der Waals surface area contributed by atoms with Gasteiger partial charge in [-0.25, -0.2) is 4.79 Å². The normalized spacial score (nSPS) is 16.9. The highest BCUT2D eigenvalue weighted by Gasteiger charge is 2.07. The fraction of sp³-hybridized carbons (Fsp3) is 0.947. The van der Waals surface area contributed by atoms with Crippen molar-refractivity contribution in [1.82, 2.24) is 10.2 Å². The number of amides is 1. The number of carbonyl (C=O) groups excluding carboxylic acids is 1. The van der Waals surface area contributed by atoms with Gasteiger partial charge in [0.25, 0.3) is 0 Å². The highest BCUT2D eigenvalue weighted by Crippen LogP contribution is 2.12. The first-order chi connectivity index (χ1) is 11.8. The third-order valence-corrected chi connectivity index (χ3v) is 4.53. The van der Waals surface area contributed by atoms with E-state index in [2.05, 4.69) is 10.2 Å². The predicted octanol–water partition coefficient (Wildman–Crippen LogP) is 3.97. The van der Waals surface area contributed by atoms with Crippen molar-refractivity contribution in [2.45, 2.75) is 71.1 Å². The molecule has 0 bridgehead atoms. The number of hydrogen-bond acceptors (Lipinski definition) is 4. The van der Waals surface area contributed by atoms with Crippen molar-refractivity contribution < 1.29 is 14.3 Å². The van der Waals surface area contributed by atoms with Gasteiger partial charge >= 0.3 is 6.09 Å². The molecule has 0 unspecified atom stereocenters. The average Bonchev–Trinajstić information content (AvgIpc) is 2.72. The molecular weight excluding hydrogens is 304 g/mol. The number of alkyl carbamates (subject to hydrolysis) is 1. The lowest BCUT2D eigenvalue weighted by molar-refractivity contribution is 0.0788. The third kappa shape index (κ3) is 12.6. The molecule has 0 atom stereocenters. The molecule has 1 saturated heterocycles. The number of unbranched alkanes of at least 4 members (excludes halogenated alkanes) is 3. The van der Waals surface area contributed by atoms with Gasteiger partial charge in [0.2, 0.25) is 0 Å². The van der Waals surface area contributed by atoms with Crippen molar-refractivity contribution in [3.05, 3.63) is 0 Å². The van der Waals surface area contributed by atoms with Crippen molar-refractivity contribution in [3.8, 4) is 0 Å². The molecule has 1 aliphatic rings. The Morgan fingerprint density at radius 2 is 1.58 bits per heavy atom. The molecule has 0 saturated carbocycles. The number of rotatable bonds is 11. The van der Waals surface area contributed by atoms with E-state index in [0.717, 1.165) is 6.42 Å². The summed E-state index contributed by atoms with van der Waals surface area (Å²) >= 11 is 0. The molecule has 0 aromatic heterocycles. The summed E-state index contributed by atoms with van der Waals surface area (Å²) in [6, 6.07) is 0. The van der Waals surface area contributed by atoms with Gasteiger partial charge in [0.15, 0.2) is 0 Å². The van der Waals surface area contributed by atoms with Crippen LogP contribution in [0.3, 0.4) is 0 Å². The van der Waals surface area contributed by atoms with Gasteiger partial charge in [-0.2, -0.15) is 0 Å². The Hall–Kier alpha value is -0.810. The van der Waals surface area contributed by atoms with Crippen LogP contribution in [0, 0.1) is 0 Å². The summed E-state index contributed by atoms with van der Waals surface area (Å²) in [4.78, 5) is 14.0. The zero-order chi connectivity index (χ0) is 17.3. The summed E-state index contributed by atoms with van der Waals surface area (Å²) in [6.07, 6.45) is 12.8. The molecule has 24 heavy (non-hydrogen) atoms. The van der Waals surface area contributed by atoms with E-state index in [9.17, 15) is 4.79 Å². The molecule has 1 aliphatic heterocycles. The minimum absolute atomic E-state index is 0.327. The van der Waals surface area contributed by atoms with Crippen LogP contribution < -0.4 is 5.32 Å². The molecule has 1 amide bonds. The maximum absolute atomic E-state index is 11.4. The minimum Gasteiger partial charge on any atom is -0.447 e. The standard InChI is InChI=1S/C19H38N2O3/c1-2-23-17-18-24-19(22)20-13-9-5-8-12-16-21-14-10-6-3-4-7-11-15-21/h2-18H2,1H3,(H,20,22). The summed E-state index contributed by atoms with van der Waals surface area (Å²) in [5.74, 6) is 0. The van der Waals surface area contributed by atoms with E-state index in [1.54, 1.807) is 0 Å². The highest BCUT2D eigenvalue weighted by atomic mass is 16.6. The lowest BCUT2D eigenvalue weighted by atomic mass is 10.1. The summed E-state index contributed by atoms with van der Waals surface area (Å²) < 4.78 is 10.1. The molecule has 0 radical (unpaired) electrons. The summed E-state index contributed by atoms with van der Waals surface area (Å²) in [5, 5.41) is 2.79. The van der Waals surface area contributed by atoms with Crippen LogP contribution in [0.5, 0.6) is 0 Å². The maximum atomic E-state index is 11.4. The number of hydrogen-bond donors (Lipinski definition) is 1. The third-order valence-electron chi connectivity index (χ3n) is 4.53. The van der Waals surface area contributed by atoms with Gasteiger partial charge in [0.05, 0.1) is 6.61 Å². The fourth-order valence-corrected chi connectivity index (χ4v) is 3.11. The van der Waals surface area contributed by atoms with Crippen LogP contribution in [0.1, 0.15) is 71.1 Å². The topological polar surface area (TPSA) is 50.8 Å². The van der Waals surface area contributed by atoms with Gasteiger partial charge in [0.1, 0.15) is 6.61 Å². The number of carbonyl (C=O) groups is 1. The van der Waals surface area contributed by atoms with Gasteiger partial charge in [-0.15, -0.1) is 0 Å². The lowest BCUT2D eigenvalue weighted by Gasteiger charge is -2.21. The van der Waals surface area contributed by atoms with E-state index in [-0.39, 0.29) is 6.09 Å². The van der Waals surface area contributed by atoms with Crippen LogP contribution in [-0.4, -0.2) is 57.0 Å². The molecule has 5 heteroatoms. The lowest BCUT2D eigenvalue weighted by Crippen LogP contribution is -2.27. The second kappa shape index (κ2) is 15.7.